The van der Waals surface area contributed by atoms with Crippen molar-refractivity contribution in [3.63, 3.8) is 0 Å². The summed E-state index contributed by atoms with van der Waals surface area (Å²) in [7, 11) is 0. The van der Waals surface area contributed by atoms with Crippen molar-refractivity contribution in [3.8, 4) is 0 Å². The molecule has 2 aliphatic heterocycles. The Kier molecular flexibility index (Phi) is 6.79. The van der Waals surface area contributed by atoms with Crippen LogP contribution in [0.15, 0.2) is 40.7 Å². The number of benzene rings is 1. The second-order valence-electron chi connectivity index (χ2n) is 7.59. The van der Waals surface area contributed by atoms with Crippen LogP contribution >= 0.6 is 11.3 Å². The van der Waals surface area contributed by atoms with Gasteiger partial charge in [0.2, 0.25) is 0 Å². The molecule has 0 aliphatic carbocycles. The molecule has 0 amide bonds. The van der Waals surface area contributed by atoms with Crippen molar-refractivity contribution in [2.45, 2.75) is 45.5 Å². The first-order valence-corrected chi connectivity index (χ1v) is 11.5. The van der Waals surface area contributed by atoms with Crippen LogP contribution in [0, 0.1) is 0 Å². The molecule has 156 valence electrons. The van der Waals surface area contributed by atoms with Crippen molar-refractivity contribution in [2.24, 2.45) is 4.99 Å². The van der Waals surface area contributed by atoms with Crippen LogP contribution in [-0.4, -0.2) is 65.7 Å². The van der Waals surface area contributed by atoms with E-state index in [-0.39, 0.29) is 6.10 Å². The molecule has 2 aromatic rings. The Morgan fingerprint density at radius 2 is 2.14 bits per heavy atom. The second kappa shape index (κ2) is 9.69. The number of ether oxygens (including phenoxy) is 1. The fraction of sp³-hybridized carbons (Fsp3) is 0.545. The molecule has 0 saturated carbocycles. The van der Waals surface area contributed by atoms with Crippen molar-refractivity contribution in [2.75, 3.05) is 32.8 Å². The number of aromatic nitrogens is 1. The highest BCUT2D eigenvalue weighted by atomic mass is 32.1. The molecule has 6 nitrogen and oxygen atoms in total. The van der Waals surface area contributed by atoms with Crippen LogP contribution in [0.1, 0.15) is 30.1 Å². The normalized spacial score (nSPS) is 22.7. The van der Waals surface area contributed by atoms with Gasteiger partial charge in [0, 0.05) is 38.1 Å². The van der Waals surface area contributed by atoms with Gasteiger partial charge in [0.15, 0.2) is 5.96 Å². The van der Waals surface area contributed by atoms with Crippen molar-refractivity contribution < 1.29 is 4.74 Å². The van der Waals surface area contributed by atoms with Gasteiger partial charge in [-0.05, 0) is 18.9 Å². The van der Waals surface area contributed by atoms with E-state index in [1.165, 1.54) is 10.6 Å². The molecule has 2 saturated heterocycles. The quantitative estimate of drug-likeness (QED) is 0.583. The standard InChI is InChI=1S/C22H31N5OS/c1-3-21-25-18(16-29-21)12-24-22(23-4-2)27-14-19-20(15-27)28-11-10-26(19)13-17-8-6-5-7-9-17/h5-9,16,19-20H,3-4,10-15H2,1-2H3,(H,23,24). The van der Waals surface area contributed by atoms with Gasteiger partial charge in [-0.2, -0.15) is 0 Å². The SMILES string of the molecule is CCNC(=NCc1csc(CC)n1)N1CC2OCCN(Cc3ccccc3)C2C1. The van der Waals surface area contributed by atoms with Gasteiger partial charge in [-0.15, -0.1) is 11.3 Å². The monoisotopic (exact) mass is 413 g/mol. The van der Waals surface area contributed by atoms with E-state index < -0.39 is 0 Å². The molecule has 2 atom stereocenters. The van der Waals surface area contributed by atoms with E-state index in [4.69, 9.17) is 9.73 Å². The summed E-state index contributed by atoms with van der Waals surface area (Å²) in [5.74, 6) is 0.969. The third-order valence-corrected chi connectivity index (χ3v) is 6.61. The van der Waals surface area contributed by atoms with E-state index in [2.05, 4.69) is 69.7 Å². The summed E-state index contributed by atoms with van der Waals surface area (Å²) in [5, 5.41) is 6.77. The predicted octanol–water partition coefficient (Wildman–Crippen LogP) is 2.76. The summed E-state index contributed by atoms with van der Waals surface area (Å²) in [6.45, 7) is 10.3. The molecule has 1 N–H and O–H groups in total. The fourth-order valence-electron chi connectivity index (χ4n) is 4.11. The number of hydrogen-bond acceptors (Lipinski definition) is 5. The average molecular weight is 414 g/mol. The van der Waals surface area contributed by atoms with Crippen LogP contribution in [-0.2, 0) is 24.2 Å². The molecule has 2 aliphatic rings. The molecule has 1 aromatic heterocycles. The van der Waals surface area contributed by atoms with Gasteiger partial charge in [0.05, 0.1) is 36.0 Å². The summed E-state index contributed by atoms with van der Waals surface area (Å²) in [5.41, 5.74) is 2.42. The third-order valence-electron chi connectivity index (χ3n) is 5.57. The number of fused-ring (bicyclic) bond motifs is 1. The number of hydrogen-bond donors (Lipinski definition) is 1. The van der Waals surface area contributed by atoms with Crippen LogP contribution in [0.3, 0.4) is 0 Å². The molecule has 0 radical (unpaired) electrons. The molecule has 7 heteroatoms. The number of aliphatic imine (C=N–C) groups is 1. The summed E-state index contributed by atoms with van der Waals surface area (Å²) < 4.78 is 6.13. The van der Waals surface area contributed by atoms with Gasteiger partial charge < -0.3 is 15.0 Å². The van der Waals surface area contributed by atoms with Crippen LogP contribution in [0.25, 0.3) is 0 Å². The van der Waals surface area contributed by atoms with Crippen LogP contribution in [0.2, 0.25) is 0 Å². The Balaban J connectivity index is 1.44. The lowest BCUT2D eigenvalue weighted by molar-refractivity contribution is -0.0502. The average Bonchev–Trinajstić information content (AvgIpc) is 3.39. The molecule has 2 unspecified atom stereocenters. The zero-order valence-electron chi connectivity index (χ0n) is 17.4. The highest BCUT2D eigenvalue weighted by molar-refractivity contribution is 7.09. The van der Waals surface area contributed by atoms with E-state index >= 15 is 0 Å². The molecule has 1 aromatic carbocycles. The van der Waals surface area contributed by atoms with Gasteiger partial charge in [0.25, 0.3) is 0 Å². The Bertz CT molecular complexity index is 809. The molecule has 0 spiro atoms. The first-order valence-electron chi connectivity index (χ1n) is 10.6. The van der Waals surface area contributed by atoms with Crippen molar-refractivity contribution >= 4 is 17.3 Å². The molecular formula is C22H31N5OS. The number of aryl methyl sites for hydroxylation is 1. The maximum atomic E-state index is 6.13. The lowest BCUT2D eigenvalue weighted by Gasteiger charge is -2.36. The maximum Gasteiger partial charge on any atom is 0.194 e. The third kappa shape index (κ3) is 4.97. The number of rotatable bonds is 6. The molecule has 4 rings (SSSR count). The van der Waals surface area contributed by atoms with Crippen molar-refractivity contribution in [3.05, 3.63) is 52.0 Å². The molecule has 2 fully saturated rings. The predicted molar refractivity (Wildman–Crippen MR) is 118 cm³/mol. The zero-order chi connectivity index (χ0) is 20.1. The van der Waals surface area contributed by atoms with Crippen LogP contribution in [0.5, 0.6) is 0 Å². The number of nitrogens with zero attached hydrogens (tertiary/aromatic N) is 4. The Labute approximate surface area is 177 Å². The lowest BCUT2D eigenvalue weighted by atomic mass is 10.1. The number of likely N-dealkylation sites (tertiary alicyclic amines) is 1. The summed E-state index contributed by atoms with van der Waals surface area (Å²) in [6, 6.07) is 11.1. The number of morpholine rings is 1. The summed E-state index contributed by atoms with van der Waals surface area (Å²) in [4.78, 5) is 14.5. The highest BCUT2D eigenvalue weighted by Gasteiger charge is 2.41. The van der Waals surface area contributed by atoms with E-state index in [9.17, 15) is 0 Å². The fourth-order valence-corrected chi connectivity index (χ4v) is 4.85. The minimum Gasteiger partial charge on any atom is -0.373 e. The molecule has 0 bridgehead atoms. The Morgan fingerprint density at radius 3 is 2.90 bits per heavy atom. The van der Waals surface area contributed by atoms with E-state index in [0.717, 1.165) is 57.4 Å². The topological polar surface area (TPSA) is 53.0 Å². The minimum atomic E-state index is 0.238. The second-order valence-corrected chi connectivity index (χ2v) is 8.54. The lowest BCUT2D eigenvalue weighted by Crippen LogP contribution is -2.50. The van der Waals surface area contributed by atoms with Gasteiger partial charge >= 0.3 is 0 Å². The van der Waals surface area contributed by atoms with Gasteiger partial charge in [0.1, 0.15) is 0 Å². The first-order chi connectivity index (χ1) is 14.3. The maximum absolute atomic E-state index is 6.13. The molecule has 29 heavy (non-hydrogen) atoms. The number of thiazole rings is 1. The van der Waals surface area contributed by atoms with Gasteiger partial charge in [-0.3, -0.25) is 4.90 Å². The van der Waals surface area contributed by atoms with E-state index in [1.807, 2.05) is 0 Å². The molecular weight excluding hydrogens is 382 g/mol. The number of guanidine groups is 1. The van der Waals surface area contributed by atoms with Crippen LogP contribution in [0.4, 0.5) is 0 Å². The van der Waals surface area contributed by atoms with Gasteiger partial charge in [-0.1, -0.05) is 37.3 Å². The van der Waals surface area contributed by atoms with Crippen molar-refractivity contribution in [1.82, 2.24) is 20.1 Å². The minimum absolute atomic E-state index is 0.238. The Hall–Kier alpha value is -1.96. The van der Waals surface area contributed by atoms with Crippen molar-refractivity contribution in [1.29, 1.82) is 0 Å². The Morgan fingerprint density at radius 1 is 1.28 bits per heavy atom. The van der Waals surface area contributed by atoms with E-state index in [0.29, 0.717) is 12.6 Å². The summed E-state index contributed by atoms with van der Waals surface area (Å²) >= 11 is 1.72. The zero-order valence-corrected chi connectivity index (χ0v) is 18.2. The largest absolute Gasteiger partial charge is 0.373 e. The first kappa shape index (κ1) is 20.3. The summed E-state index contributed by atoms with van der Waals surface area (Å²) in [6.07, 6.45) is 1.22. The number of nitrogens with one attached hydrogen (secondary N) is 1. The van der Waals surface area contributed by atoms with Gasteiger partial charge in [-0.25, -0.2) is 9.98 Å². The highest BCUT2D eigenvalue weighted by Crippen LogP contribution is 2.25. The smallest absolute Gasteiger partial charge is 0.194 e. The van der Waals surface area contributed by atoms with Crippen LogP contribution < -0.4 is 5.32 Å². The molecule has 3 heterocycles. The van der Waals surface area contributed by atoms with E-state index in [1.54, 1.807) is 11.3 Å².